The Hall–Kier alpha value is -3.17. The molecule has 1 heterocycles. The van der Waals surface area contributed by atoms with E-state index >= 15 is 0 Å². The summed E-state index contributed by atoms with van der Waals surface area (Å²) >= 11 is 5.89. The molecule has 0 atom stereocenters. The average Bonchev–Trinajstić information content (AvgIpc) is 3.10. The fourth-order valence-corrected chi connectivity index (χ4v) is 2.88. The zero-order valence-corrected chi connectivity index (χ0v) is 15.5. The van der Waals surface area contributed by atoms with E-state index in [0.29, 0.717) is 5.89 Å². The minimum absolute atomic E-state index is 0.623. The minimum atomic E-state index is 0.623. The van der Waals surface area contributed by atoms with Gasteiger partial charge in [0.25, 0.3) is 0 Å². The topological polar surface area (TPSA) is 38.4 Å². The molecule has 0 saturated heterocycles. The van der Waals surface area contributed by atoms with Crippen molar-refractivity contribution in [2.45, 2.75) is 6.92 Å². The quantitative estimate of drug-likeness (QED) is 0.366. The van der Waals surface area contributed by atoms with Crippen LogP contribution in [0.2, 0.25) is 5.02 Å². The highest BCUT2D eigenvalue weighted by molar-refractivity contribution is 6.30. The second-order valence-electron chi connectivity index (χ2n) is 6.23. The number of aryl methyl sites for hydroxylation is 1. The molecule has 0 spiro atoms. The lowest BCUT2D eigenvalue weighted by molar-refractivity contribution is 0.620. The van der Waals surface area contributed by atoms with Gasteiger partial charge in [0.05, 0.1) is 5.69 Å². The first-order valence-corrected chi connectivity index (χ1v) is 8.99. The highest BCUT2D eigenvalue weighted by Crippen LogP contribution is 2.27. The van der Waals surface area contributed by atoms with E-state index in [1.165, 1.54) is 5.56 Å². The molecule has 0 aliphatic carbocycles. The molecule has 4 aromatic rings. The normalized spacial score (nSPS) is 11.8. The Morgan fingerprint density at radius 3 is 2.67 bits per heavy atom. The van der Waals surface area contributed by atoms with Crippen LogP contribution in [0.15, 0.2) is 82.2 Å². The van der Waals surface area contributed by atoms with Crippen LogP contribution in [0.3, 0.4) is 0 Å². The smallest absolute Gasteiger partial charge is 0.227 e. The molecular formula is C23H17ClN2O. The summed E-state index contributed by atoms with van der Waals surface area (Å²) in [6.45, 7) is 2.05. The van der Waals surface area contributed by atoms with E-state index in [2.05, 4.69) is 29.0 Å². The molecule has 0 saturated carbocycles. The lowest BCUT2D eigenvalue weighted by Gasteiger charge is -1.95. The van der Waals surface area contributed by atoms with Crippen molar-refractivity contribution in [1.29, 1.82) is 0 Å². The van der Waals surface area contributed by atoms with Crippen molar-refractivity contribution in [2.75, 3.05) is 0 Å². The molecule has 0 bridgehead atoms. The molecule has 0 radical (unpaired) electrons. The van der Waals surface area contributed by atoms with Gasteiger partial charge in [0.15, 0.2) is 5.58 Å². The van der Waals surface area contributed by atoms with Gasteiger partial charge in [-0.3, -0.25) is 4.99 Å². The molecular weight excluding hydrogens is 356 g/mol. The third-order valence-electron chi connectivity index (χ3n) is 4.10. The van der Waals surface area contributed by atoms with Crippen LogP contribution in [0.5, 0.6) is 0 Å². The van der Waals surface area contributed by atoms with Crippen LogP contribution in [0.1, 0.15) is 11.1 Å². The summed E-state index contributed by atoms with van der Waals surface area (Å²) < 4.78 is 5.87. The molecule has 0 N–H and O–H groups in total. The highest BCUT2D eigenvalue weighted by atomic mass is 35.5. The number of aliphatic imine (C=N–C) groups is 1. The van der Waals surface area contributed by atoms with Crippen molar-refractivity contribution in [3.8, 4) is 11.5 Å². The first kappa shape index (κ1) is 17.3. The Bertz CT molecular complexity index is 1140. The van der Waals surface area contributed by atoms with Crippen molar-refractivity contribution in [1.82, 2.24) is 4.98 Å². The maximum absolute atomic E-state index is 5.89. The van der Waals surface area contributed by atoms with Crippen LogP contribution in [0.25, 0.3) is 28.6 Å². The fraction of sp³-hybridized carbons (Fsp3) is 0.0435. The number of rotatable bonds is 4. The van der Waals surface area contributed by atoms with Gasteiger partial charge in [-0.25, -0.2) is 4.98 Å². The van der Waals surface area contributed by atoms with Gasteiger partial charge in [-0.1, -0.05) is 47.5 Å². The third kappa shape index (κ3) is 4.15. The van der Waals surface area contributed by atoms with Gasteiger partial charge in [0.2, 0.25) is 5.89 Å². The molecule has 3 aromatic carbocycles. The van der Waals surface area contributed by atoms with Crippen LogP contribution in [-0.4, -0.2) is 11.2 Å². The van der Waals surface area contributed by atoms with Gasteiger partial charge in [-0.05, 0) is 61.0 Å². The molecule has 132 valence electrons. The lowest BCUT2D eigenvalue weighted by atomic mass is 10.1. The van der Waals surface area contributed by atoms with Crippen LogP contribution in [0, 0.1) is 6.92 Å². The number of aromatic nitrogens is 1. The number of fused-ring (bicyclic) bond motifs is 1. The van der Waals surface area contributed by atoms with Crippen LogP contribution < -0.4 is 0 Å². The van der Waals surface area contributed by atoms with Gasteiger partial charge >= 0.3 is 0 Å². The van der Waals surface area contributed by atoms with E-state index in [1.807, 2.05) is 66.7 Å². The SMILES string of the molecule is Cc1cccc(-c2nc3cc(N=CC=Cc4ccc(Cl)cc4)ccc3o2)c1. The number of halogens is 1. The van der Waals surface area contributed by atoms with Crippen LogP contribution in [-0.2, 0) is 0 Å². The Labute approximate surface area is 162 Å². The summed E-state index contributed by atoms with van der Waals surface area (Å²) in [5.74, 6) is 0.623. The van der Waals surface area contributed by atoms with E-state index in [4.69, 9.17) is 16.0 Å². The molecule has 0 aliphatic rings. The van der Waals surface area contributed by atoms with Gasteiger partial charge in [-0.2, -0.15) is 0 Å². The molecule has 0 amide bonds. The van der Waals surface area contributed by atoms with Gasteiger partial charge in [0.1, 0.15) is 5.52 Å². The van der Waals surface area contributed by atoms with Crippen molar-refractivity contribution in [3.05, 3.63) is 89.0 Å². The largest absolute Gasteiger partial charge is 0.436 e. The molecule has 4 heteroatoms. The summed E-state index contributed by atoms with van der Waals surface area (Å²) in [5.41, 5.74) is 5.59. The molecule has 27 heavy (non-hydrogen) atoms. The maximum atomic E-state index is 5.89. The summed E-state index contributed by atoms with van der Waals surface area (Å²) in [5, 5.41) is 0.728. The Morgan fingerprint density at radius 2 is 1.85 bits per heavy atom. The standard InChI is InChI=1S/C23H17ClN2O/c1-16-4-2-6-18(14-16)23-26-21-15-20(11-12-22(21)27-23)25-13-3-5-17-7-9-19(24)10-8-17/h2-15H,1H3. The summed E-state index contributed by atoms with van der Waals surface area (Å²) in [6, 6.07) is 21.5. The number of benzene rings is 3. The molecule has 0 fully saturated rings. The number of allylic oxidation sites excluding steroid dienone is 1. The molecule has 0 unspecified atom stereocenters. The van der Waals surface area contributed by atoms with Crippen molar-refractivity contribution >= 4 is 40.7 Å². The van der Waals surface area contributed by atoms with Crippen LogP contribution >= 0.6 is 11.6 Å². The average molecular weight is 373 g/mol. The summed E-state index contributed by atoms with van der Waals surface area (Å²) in [4.78, 5) is 9.06. The minimum Gasteiger partial charge on any atom is -0.436 e. The molecule has 0 aliphatic heterocycles. The maximum Gasteiger partial charge on any atom is 0.227 e. The number of oxazole rings is 1. The first-order chi connectivity index (χ1) is 13.2. The fourth-order valence-electron chi connectivity index (χ4n) is 2.75. The Balaban J connectivity index is 1.53. The van der Waals surface area contributed by atoms with Crippen molar-refractivity contribution < 1.29 is 4.42 Å². The second kappa shape index (κ2) is 7.60. The van der Waals surface area contributed by atoms with E-state index in [0.717, 1.165) is 32.9 Å². The number of hydrogen-bond acceptors (Lipinski definition) is 3. The Morgan fingerprint density at radius 1 is 1.00 bits per heavy atom. The van der Waals surface area contributed by atoms with Gasteiger partial charge in [-0.15, -0.1) is 0 Å². The lowest BCUT2D eigenvalue weighted by Crippen LogP contribution is -1.78. The van der Waals surface area contributed by atoms with E-state index < -0.39 is 0 Å². The summed E-state index contributed by atoms with van der Waals surface area (Å²) in [6.07, 6.45) is 5.63. The Kier molecular flexibility index (Phi) is 4.86. The molecule has 3 nitrogen and oxygen atoms in total. The van der Waals surface area contributed by atoms with E-state index in [1.54, 1.807) is 6.21 Å². The predicted molar refractivity (Wildman–Crippen MR) is 113 cm³/mol. The van der Waals surface area contributed by atoms with Crippen LogP contribution in [0.4, 0.5) is 5.69 Å². The van der Waals surface area contributed by atoms with Crippen molar-refractivity contribution in [3.63, 3.8) is 0 Å². The molecule has 1 aromatic heterocycles. The highest BCUT2D eigenvalue weighted by Gasteiger charge is 2.08. The summed E-state index contributed by atoms with van der Waals surface area (Å²) in [7, 11) is 0. The third-order valence-corrected chi connectivity index (χ3v) is 4.36. The van der Waals surface area contributed by atoms with E-state index in [-0.39, 0.29) is 0 Å². The van der Waals surface area contributed by atoms with E-state index in [9.17, 15) is 0 Å². The molecule has 4 rings (SSSR count). The van der Waals surface area contributed by atoms with Gasteiger partial charge in [0, 0.05) is 16.8 Å². The number of nitrogens with zero attached hydrogens (tertiary/aromatic N) is 2. The first-order valence-electron chi connectivity index (χ1n) is 8.61. The van der Waals surface area contributed by atoms with Crippen molar-refractivity contribution in [2.24, 2.45) is 4.99 Å². The zero-order chi connectivity index (χ0) is 18.6. The van der Waals surface area contributed by atoms with Gasteiger partial charge < -0.3 is 4.42 Å². The second-order valence-corrected chi connectivity index (χ2v) is 6.67. The zero-order valence-electron chi connectivity index (χ0n) is 14.8. The number of hydrogen-bond donors (Lipinski definition) is 0. The monoisotopic (exact) mass is 372 g/mol. The predicted octanol–water partition coefficient (Wildman–Crippen LogP) is 6.87.